The van der Waals surface area contributed by atoms with Crippen molar-refractivity contribution in [3.8, 4) is 0 Å². The quantitative estimate of drug-likeness (QED) is 0.396. The zero-order valence-corrected chi connectivity index (χ0v) is 30.7. The van der Waals surface area contributed by atoms with Crippen LogP contribution in [-0.2, 0) is 19.1 Å². The first kappa shape index (κ1) is 40.9. The molecule has 3 fully saturated rings. The first-order valence-electron chi connectivity index (χ1n) is 16.7. The molecular formula is C35H63N5O6. The van der Waals surface area contributed by atoms with E-state index in [1.54, 1.807) is 9.80 Å². The van der Waals surface area contributed by atoms with Crippen molar-refractivity contribution in [2.75, 3.05) is 32.7 Å². The summed E-state index contributed by atoms with van der Waals surface area (Å²) in [6.07, 6.45) is 4.50. The summed E-state index contributed by atoms with van der Waals surface area (Å²) in [5, 5.41) is 3.31. The van der Waals surface area contributed by atoms with Gasteiger partial charge in [0, 0.05) is 62.9 Å². The summed E-state index contributed by atoms with van der Waals surface area (Å²) in [5.74, 6) is 0.535. The summed E-state index contributed by atoms with van der Waals surface area (Å²) >= 11 is 0. The summed E-state index contributed by atoms with van der Waals surface area (Å²) in [4.78, 5) is 54.1. The van der Waals surface area contributed by atoms with Gasteiger partial charge in [-0.15, -0.1) is 0 Å². The van der Waals surface area contributed by atoms with Crippen LogP contribution in [0, 0.1) is 5.92 Å². The van der Waals surface area contributed by atoms with Gasteiger partial charge in [0.25, 0.3) is 0 Å². The van der Waals surface area contributed by atoms with Crippen LogP contribution in [0.1, 0.15) is 95.9 Å². The molecule has 11 nitrogen and oxygen atoms in total. The number of rotatable bonds is 2. The zero-order valence-electron chi connectivity index (χ0n) is 30.7. The molecule has 0 aromatic rings. The van der Waals surface area contributed by atoms with Gasteiger partial charge in [-0.25, -0.2) is 9.59 Å². The SMILES string of the molecule is C=CC(=O)N1C[C@H](C)N(C(=O)OC(C)(C)C)C[C@H]1C.C=CC(=O)N1C[C@H](C)NC[C@H]1C.C[C@H]1CC[C@H](C)N(C(=O)OC(C)(C)C)C1. The number of hydrogen-bond donors (Lipinski definition) is 1. The Morgan fingerprint density at radius 2 is 1.02 bits per heavy atom. The van der Waals surface area contributed by atoms with E-state index in [0.29, 0.717) is 31.1 Å². The highest BCUT2D eigenvalue weighted by atomic mass is 16.6. The van der Waals surface area contributed by atoms with Gasteiger partial charge in [-0.3, -0.25) is 9.59 Å². The van der Waals surface area contributed by atoms with E-state index >= 15 is 0 Å². The predicted octanol–water partition coefficient (Wildman–Crippen LogP) is 5.45. The standard InChI is InChI=1S/C14H24N2O3.C12H23NO2.C9H16N2O/c1-7-12(17)15-8-11(3)16(9-10(15)2)13(18)19-14(4,5)6;1-9-6-7-10(2)13(8-9)11(14)15-12(3,4)5;1-4-9(12)11-6-7(2)10-5-8(11)3/h7,10-11H,1,8-9H2,2-6H3;9-10H,6-8H2,1-5H3;4,7-8,10H,1,5-6H2,2-3H3/t10-,11+;9-,10-;7-,8+/m100/s1. The van der Waals surface area contributed by atoms with Gasteiger partial charge < -0.3 is 34.4 Å². The van der Waals surface area contributed by atoms with Gasteiger partial charge in [0.15, 0.2) is 0 Å². The second kappa shape index (κ2) is 17.7. The second-order valence-corrected chi connectivity index (χ2v) is 15.0. The van der Waals surface area contributed by atoms with Crippen LogP contribution in [0.5, 0.6) is 0 Å². The molecular weight excluding hydrogens is 586 g/mol. The van der Waals surface area contributed by atoms with E-state index in [-0.39, 0.29) is 42.1 Å². The molecule has 3 rings (SSSR count). The molecule has 0 saturated carbocycles. The minimum absolute atomic E-state index is 0.0331. The molecule has 0 radical (unpaired) electrons. The van der Waals surface area contributed by atoms with Crippen molar-refractivity contribution in [3.05, 3.63) is 25.3 Å². The third-order valence-electron chi connectivity index (χ3n) is 8.04. The summed E-state index contributed by atoms with van der Waals surface area (Å²) in [5.41, 5.74) is -0.897. The lowest BCUT2D eigenvalue weighted by molar-refractivity contribution is -0.131. The third-order valence-corrected chi connectivity index (χ3v) is 8.04. The van der Waals surface area contributed by atoms with Gasteiger partial charge in [0.1, 0.15) is 11.2 Å². The normalized spacial score (nSPS) is 26.8. The molecule has 11 heteroatoms. The molecule has 3 aliphatic heterocycles. The minimum Gasteiger partial charge on any atom is -0.444 e. The van der Waals surface area contributed by atoms with Crippen LogP contribution < -0.4 is 5.32 Å². The number of nitrogens with one attached hydrogen (secondary N) is 1. The average Bonchev–Trinajstić information content (AvgIpc) is 2.94. The van der Waals surface area contributed by atoms with Gasteiger partial charge in [-0.05, 0) is 107 Å². The Kier molecular flexibility index (Phi) is 15.8. The van der Waals surface area contributed by atoms with E-state index in [9.17, 15) is 19.2 Å². The number of carbonyl (C=O) groups is 4. The molecule has 46 heavy (non-hydrogen) atoms. The maximum Gasteiger partial charge on any atom is 0.410 e. The van der Waals surface area contributed by atoms with Crippen molar-refractivity contribution in [1.82, 2.24) is 24.9 Å². The zero-order chi connectivity index (χ0) is 35.6. The van der Waals surface area contributed by atoms with Gasteiger partial charge in [0.05, 0.1) is 0 Å². The number of amides is 4. The summed E-state index contributed by atoms with van der Waals surface area (Å²) in [7, 11) is 0. The molecule has 264 valence electrons. The first-order valence-corrected chi connectivity index (χ1v) is 16.7. The second-order valence-electron chi connectivity index (χ2n) is 15.0. The monoisotopic (exact) mass is 649 g/mol. The molecule has 6 atom stereocenters. The lowest BCUT2D eigenvalue weighted by atomic mass is 9.95. The number of likely N-dealkylation sites (tertiary alicyclic amines) is 1. The molecule has 0 unspecified atom stereocenters. The van der Waals surface area contributed by atoms with Gasteiger partial charge in [0.2, 0.25) is 11.8 Å². The van der Waals surface area contributed by atoms with Crippen LogP contribution >= 0.6 is 0 Å². The molecule has 3 heterocycles. The maximum atomic E-state index is 12.1. The number of carbonyl (C=O) groups excluding carboxylic acids is 4. The van der Waals surface area contributed by atoms with Crippen LogP contribution in [0.3, 0.4) is 0 Å². The van der Waals surface area contributed by atoms with Crippen molar-refractivity contribution in [3.63, 3.8) is 0 Å². The van der Waals surface area contributed by atoms with E-state index in [2.05, 4.69) is 39.2 Å². The summed E-state index contributed by atoms with van der Waals surface area (Å²) in [6, 6.07) is 0.900. The van der Waals surface area contributed by atoms with E-state index in [1.807, 2.05) is 72.1 Å². The molecule has 3 aliphatic rings. The van der Waals surface area contributed by atoms with Crippen LogP contribution in [0.4, 0.5) is 9.59 Å². The van der Waals surface area contributed by atoms with Crippen LogP contribution in [0.15, 0.2) is 25.3 Å². The number of hydrogen-bond acceptors (Lipinski definition) is 7. The third kappa shape index (κ3) is 13.7. The molecule has 0 aliphatic carbocycles. The highest BCUT2D eigenvalue weighted by Crippen LogP contribution is 2.23. The first-order chi connectivity index (χ1) is 21.1. The molecule has 0 aromatic heterocycles. The lowest BCUT2D eigenvalue weighted by Gasteiger charge is -2.43. The van der Waals surface area contributed by atoms with Gasteiger partial charge >= 0.3 is 12.2 Å². The summed E-state index contributed by atoms with van der Waals surface area (Å²) in [6.45, 7) is 33.9. The van der Waals surface area contributed by atoms with Crippen LogP contribution in [0.25, 0.3) is 0 Å². The largest absolute Gasteiger partial charge is 0.444 e. The van der Waals surface area contributed by atoms with Crippen molar-refractivity contribution < 1.29 is 28.7 Å². The maximum absolute atomic E-state index is 12.1. The van der Waals surface area contributed by atoms with Crippen molar-refractivity contribution in [1.29, 1.82) is 0 Å². The molecule has 1 N–H and O–H groups in total. The fourth-order valence-electron chi connectivity index (χ4n) is 5.44. The van der Waals surface area contributed by atoms with E-state index < -0.39 is 11.2 Å². The fourth-order valence-corrected chi connectivity index (χ4v) is 5.44. The van der Waals surface area contributed by atoms with Crippen molar-refractivity contribution >= 4 is 24.0 Å². The topological polar surface area (TPSA) is 112 Å². The Morgan fingerprint density at radius 3 is 1.48 bits per heavy atom. The number of nitrogens with zero attached hydrogens (tertiary/aromatic N) is 4. The molecule has 4 amide bonds. The van der Waals surface area contributed by atoms with Crippen LogP contribution in [-0.4, -0.2) is 118 Å². The van der Waals surface area contributed by atoms with Gasteiger partial charge in [-0.2, -0.15) is 0 Å². The molecule has 3 saturated heterocycles. The van der Waals surface area contributed by atoms with Gasteiger partial charge in [-0.1, -0.05) is 20.1 Å². The highest BCUT2D eigenvalue weighted by molar-refractivity contribution is 5.88. The number of piperidine rings is 1. The van der Waals surface area contributed by atoms with E-state index in [4.69, 9.17) is 9.47 Å². The average molecular weight is 650 g/mol. The van der Waals surface area contributed by atoms with Crippen molar-refractivity contribution in [2.24, 2.45) is 5.92 Å². The van der Waals surface area contributed by atoms with E-state index in [1.165, 1.54) is 18.6 Å². The Labute approximate surface area is 278 Å². The molecule has 0 spiro atoms. The molecule has 0 aromatic carbocycles. The number of ether oxygens (including phenoxy) is 2. The Balaban J connectivity index is 0.000000354. The highest BCUT2D eigenvalue weighted by Gasteiger charge is 2.36. The Morgan fingerprint density at radius 1 is 0.609 bits per heavy atom. The predicted molar refractivity (Wildman–Crippen MR) is 183 cm³/mol. The number of piperazine rings is 2. The Hall–Kier alpha value is -3.08. The summed E-state index contributed by atoms with van der Waals surface area (Å²) < 4.78 is 10.8. The van der Waals surface area contributed by atoms with Crippen LogP contribution in [0.2, 0.25) is 0 Å². The molecule has 0 bridgehead atoms. The van der Waals surface area contributed by atoms with E-state index in [0.717, 1.165) is 26.1 Å². The smallest absolute Gasteiger partial charge is 0.410 e. The van der Waals surface area contributed by atoms with Crippen molar-refractivity contribution in [2.45, 2.75) is 137 Å². The Bertz CT molecular complexity index is 1050. The minimum atomic E-state index is -0.506. The lowest BCUT2D eigenvalue weighted by Crippen LogP contribution is -2.59. The fraction of sp³-hybridized carbons (Fsp3) is 0.771.